The van der Waals surface area contributed by atoms with Gasteiger partial charge in [0, 0.05) is 6.42 Å². The topological polar surface area (TPSA) is 43.6 Å². The van der Waals surface area contributed by atoms with Crippen LogP contribution in [0, 0.1) is 5.92 Å². The van der Waals surface area contributed by atoms with E-state index in [-0.39, 0.29) is 0 Å². The van der Waals surface area contributed by atoms with E-state index in [1.165, 1.54) is 17.6 Å². The van der Waals surface area contributed by atoms with E-state index in [0.717, 1.165) is 12.2 Å². The summed E-state index contributed by atoms with van der Waals surface area (Å²) in [6, 6.07) is 0. The van der Waals surface area contributed by atoms with Crippen LogP contribution in [0.25, 0.3) is 0 Å². The first kappa shape index (κ1) is 9.16. The Hall–Kier alpha value is -0.930. The molecular formula is C8H16N4. The van der Waals surface area contributed by atoms with E-state index in [1.54, 1.807) is 7.05 Å². The minimum atomic E-state index is 0.666. The van der Waals surface area contributed by atoms with Gasteiger partial charge in [0.05, 0.1) is 7.05 Å². The molecule has 4 nitrogen and oxygen atoms in total. The summed E-state index contributed by atoms with van der Waals surface area (Å²) >= 11 is 0. The molecule has 1 heterocycles. The Morgan fingerprint density at radius 1 is 1.50 bits per heavy atom. The third-order valence-electron chi connectivity index (χ3n) is 1.86. The van der Waals surface area contributed by atoms with Crippen molar-refractivity contribution >= 4 is 0 Å². The fourth-order valence-electron chi connectivity index (χ4n) is 1.31. The van der Waals surface area contributed by atoms with Gasteiger partial charge >= 0.3 is 0 Å². The van der Waals surface area contributed by atoms with Crippen LogP contribution in [-0.4, -0.2) is 20.2 Å². The smallest absolute Gasteiger partial charge is 0.167 e. The van der Waals surface area contributed by atoms with Crippen LogP contribution in [-0.2, 0) is 13.5 Å². The molecule has 0 spiro atoms. The molecule has 0 aliphatic rings. The van der Waals surface area contributed by atoms with Crippen molar-refractivity contribution in [1.29, 1.82) is 0 Å². The Balaban J connectivity index is 2.41. The van der Waals surface area contributed by atoms with Gasteiger partial charge in [-0.3, -0.25) is 0 Å². The van der Waals surface area contributed by atoms with Crippen LogP contribution in [0.4, 0.5) is 0 Å². The standard InChI is InChI=1S/C8H16N4/c1-4-5-7(2)6-8-9-11-12(3)10-8/h7H,4-6H2,1-3H3. The van der Waals surface area contributed by atoms with E-state index >= 15 is 0 Å². The number of tetrazole rings is 1. The van der Waals surface area contributed by atoms with Gasteiger partial charge in [-0.1, -0.05) is 26.7 Å². The van der Waals surface area contributed by atoms with Crippen LogP contribution >= 0.6 is 0 Å². The van der Waals surface area contributed by atoms with Gasteiger partial charge in [-0.05, 0) is 11.1 Å². The zero-order valence-electron chi connectivity index (χ0n) is 7.99. The second-order valence-corrected chi connectivity index (χ2v) is 3.29. The molecule has 12 heavy (non-hydrogen) atoms. The monoisotopic (exact) mass is 168 g/mol. The first-order chi connectivity index (χ1) is 5.72. The van der Waals surface area contributed by atoms with Crippen molar-refractivity contribution in [1.82, 2.24) is 20.2 Å². The lowest BCUT2D eigenvalue weighted by atomic mass is 10.0. The number of hydrogen-bond donors (Lipinski definition) is 0. The highest BCUT2D eigenvalue weighted by Gasteiger charge is 2.06. The fourth-order valence-corrected chi connectivity index (χ4v) is 1.31. The number of aromatic nitrogens is 4. The van der Waals surface area contributed by atoms with Crippen LogP contribution in [0.2, 0.25) is 0 Å². The molecule has 0 saturated carbocycles. The maximum atomic E-state index is 4.13. The maximum Gasteiger partial charge on any atom is 0.175 e. The van der Waals surface area contributed by atoms with Crippen molar-refractivity contribution in [2.24, 2.45) is 13.0 Å². The van der Waals surface area contributed by atoms with Gasteiger partial charge in [-0.15, -0.1) is 10.2 Å². The molecule has 0 fully saturated rings. The van der Waals surface area contributed by atoms with Gasteiger partial charge in [0.1, 0.15) is 0 Å². The summed E-state index contributed by atoms with van der Waals surface area (Å²) in [5, 5.41) is 11.9. The van der Waals surface area contributed by atoms with Gasteiger partial charge in [-0.2, -0.15) is 4.80 Å². The van der Waals surface area contributed by atoms with E-state index in [4.69, 9.17) is 0 Å². The Bertz CT molecular complexity index is 231. The highest BCUT2D eigenvalue weighted by atomic mass is 15.6. The van der Waals surface area contributed by atoms with Gasteiger partial charge in [-0.25, -0.2) is 0 Å². The molecule has 1 unspecified atom stereocenters. The molecule has 68 valence electrons. The van der Waals surface area contributed by atoms with Crippen molar-refractivity contribution in [2.75, 3.05) is 0 Å². The predicted molar refractivity (Wildman–Crippen MR) is 46.6 cm³/mol. The lowest BCUT2D eigenvalue weighted by molar-refractivity contribution is 0.507. The summed E-state index contributed by atoms with van der Waals surface area (Å²) in [5.74, 6) is 1.53. The minimum Gasteiger partial charge on any atom is -0.167 e. The molecule has 0 saturated heterocycles. The normalized spacial score (nSPS) is 13.2. The number of nitrogens with zero attached hydrogens (tertiary/aromatic N) is 4. The summed E-state index contributed by atoms with van der Waals surface area (Å²) < 4.78 is 0. The summed E-state index contributed by atoms with van der Waals surface area (Å²) in [4.78, 5) is 1.51. The van der Waals surface area contributed by atoms with Crippen LogP contribution in [0.3, 0.4) is 0 Å². The van der Waals surface area contributed by atoms with E-state index in [0.29, 0.717) is 5.92 Å². The van der Waals surface area contributed by atoms with Crippen molar-refractivity contribution in [3.8, 4) is 0 Å². The van der Waals surface area contributed by atoms with Gasteiger partial charge in [0.25, 0.3) is 0 Å². The lowest BCUT2D eigenvalue weighted by Gasteiger charge is -2.04. The van der Waals surface area contributed by atoms with Crippen molar-refractivity contribution in [2.45, 2.75) is 33.1 Å². The first-order valence-electron chi connectivity index (χ1n) is 4.45. The largest absolute Gasteiger partial charge is 0.175 e. The second-order valence-electron chi connectivity index (χ2n) is 3.29. The maximum absolute atomic E-state index is 4.13. The zero-order valence-corrected chi connectivity index (χ0v) is 7.99. The molecule has 0 bridgehead atoms. The number of rotatable bonds is 4. The Labute approximate surface area is 73.0 Å². The molecule has 0 aliphatic heterocycles. The molecular weight excluding hydrogens is 152 g/mol. The Morgan fingerprint density at radius 2 is 2.25 bits per heavy atom. The molecule has 1 atom stereocenters. The summed E-state index contributed by atoms with van der Waals surface area (Å²) in [5.41, 5.74) is 0. The van der Waals surface area contributed by atoms with Crippen LogP contribution in [0.5, 0.6) is 0 Å². The molecule has 4 heteroatoms. The summed E-state index contributed by atoms with van der Waals surface area (Å²) in [7, 11) is 1.79. The molecule has 0 N–H and O–H groups in total. The van der Waals surface area contributed by atoms with E-state index < -0.39 is 0 Å². The van der Waals surface area contributed by atoms with Crippen LogP contribution in [0.1, 0.15) is 32.5 Å². The number of aryl methyl sites for hydroxylation is 1. The van der Waals surface area contributed by atoms with Gasteiger partial charge in [0.2, 0.25) is 0 Å². The Kier molecular flexibility index (Phi) is 3.19. The average molecular weight is 168 g/mol. The Morgan fingerprint density at radius 3 is 2.75 bits per heavy atom. The van der Waals surface area contributed by atoms with Crippen LogP contribution < -0.4 is 0 Å². The van der Waals surface area contributed by atoms with E-state index in [9.17, 15) is 0 Å². The van der Waals surface area contributed by atoms with E-state index in [2.05, 4.69) is 29.3 Å². The van der Waals surface area contributed by atoms with Gasteiger partial charge < -0.3 is 0 Å². The number of hydrogen-bond acceptors (Lipinski definition) is 3. The van der Waals surface area contributed by atoms with Crippen molar-refractivity contribution < 1.29 is 0 Å². The average Bonchev–Trinajstić information content (AvgIpc) is 2.36. The van der Waals surface area contributed by atoms with E-state index in [1.807, 2.05) is 0 Å². The highest BCUT2D eigenvalue weighted by molar-refractivity contribution is 4.78. The third-order valence-corrected chi connectivity index (χ3v) is 1.86. The summed E-state index contributed by atoms with van der Waals surface area (Å²) in [6.45, 7) is 4.42. The molecule has 0 aliphatic carbocycles. The third kappa shape index (κ3) is 2.60. The minimum absolute atomic E-state index is 0.666. The van der Waals surface area contributed by atoms with Crippen molar-refractivity contribution in [3.05, 3.63) is 5.82 Å². The molecule has 1 aromatic rings. The molecule has 0 radical (unpaired) electrons. The first-order valence-corrected chi connectivity index (χ1v) is 4.45. The molecule has 1 rings (SSSR count). The van der Waals surface area contributed by atoms with Gasteiger partial charge in [0.15, 0.2) is 5.82 Å². The second kappa shape index (κ2) is 4.18. The van der Waals surface area contributed by atoms with Crippen molar-refractivity contribution in [3.63, 3.8) is 0 Å². The SMILES string of the molecule is CCCC(C)Cc1nnn(C)n1. The molecule has 1 aromatic heterocycles. The van der Waals surface area contributed by atoms with Crippen LogP contribution in [0.15, 0.2) is 0 Å². The predicted octanol–water partition coefficient (Wildman–Crippen LogP) is 1.19. The zero-order chi connectivity index (χ0) is 8.97. The lowest BCUT2D eigenvalue weighted by Crippen LogP contribution is -2.01. The molecule has 0 amide bonds. The fraction of sp³-hybridized carbons (Fsp3) is 0.875. The highest BCUT2D eigenvalue weighted by Crippen LogP contribution is 2.09. The summed E-state index contributed by atoms with van der Waals surface area (Å²) in [6.07, 6.45) is 3.40. The quantitative estimate of drug-likeness (QED) is 0.678. The molecule has 0 aromatic carbocycles.